The Morgan fingerprint density at radius 1 is 1.08 bits per heavy atom. The summed E-state index contributed by atoms with van der Waals surface area (Å²) in [5.41, 5.74) is 1.72. The van der Waals surface area contributed by atoms with Crippen LogP contribution in [-0.4, -0.2) is 27.7 Å². The molecule has 1 atom stereocenters. The molecular formula is C19H17FN2O3. The third-order valence-electron chi connectivity index (χ3n) is 4.09. The second-order valence-electron chi connectivity index (χ2n) is 5.79. The predicted octanol–water partition coefficient (Wildman–Crippen LogP) is 3.37. The van der Waals surface area contributed by atoms with Gasteiger partial charge in [0.2, 0.25) is 5.91 Å². The van der Waals surface area contributed by atoms with Gasteiger partial charge < -0.3 is 5.11 Å². The van der Waals surface area contributed by atoms with Crippen LogP contribution in [0.15, 0.2) is 59.7 Å². The highest BCUT2D eigenvalue weighted by Gasteiger charge is 2.33. The molecular weight excluding hydrogens is 323 g/mol. The van der Waals surface area contributed by atoms with Crippen LogP contribution in [0.25, 0.3) is 0 Å². The van der Waals surface area contributed by atoms with E-state index < -0.39 is 11.8 Å². The third kappa shape index (κ3) is 3.74. The van der Waals surface area contributed by atoms with Gasteiger partial charge in [-0.05, 0) is 11.6 Å². The molecule has 1 unspecified atom stereocenters. The van der Waals surface area contributed by atoms with Crippen LogP contribution in [0.5, 0.6) is 0 Å². The molecule has 0 spiro atoms. The van der Waals surface area contributed by atoms with Crippen molar-refractivity contribution >= 4 is 17.6 Å². The summed E-state index contributed by atoms with van der Waals surface area (Å²) in [5, 5.41) is 14.4. The predicted molar refractivity (Wildman–Crippen MR) is 90.5 cm³/mol. The van der Waals surface area contributed by atoms with E-state index in [2.05, 4.69) is 5.10 Å². The van der Waals surface area contributed by atoms with Crippen molar-refractivity contribution in [3.05, 3.63) is 71.5 Å². The number of hydrazone groups is 1. The summed E-state index contributed by atoms with van der Waals surface area (Å²) in [6.07, 6.45) is -0.0299. The smallest absolute Gasteiger partial charge is 0.303 e. The Bertz CT molecular complexity index is 820. The average molecular weight is 340 g/mol. The second-order valence-corrected chi connectivity index (χ2v) is 5.79. The Balaban J connectivity index is 1.92. The van der Waals surface area contributed by atoms with Gasteiger partial charge in [0.25, 0.3) is 0 Å². The number of carbonyl (C=O) groups is 2. The standard InChI is InChI=1S/C19H17FN2O3/c20-15-9-5-4-8-14(15)16-12-17(13-6-2-1-3-7-13)22(21-16)18(23)10-11-19(24)25/h1-9,17H,10-12H2,(H,24,25). The summed E-state index contributed by atoms with van der Waals surface area (Å²) in [6.45, 7) is 0. The largest absolute Gasteiger partial charge is 0.481 e. The zero-order valence-electron chi connectivity index (χ0n) is 13.4. The van der Waals surface area contributed by atoms with E-state index in [1.807, 2.05) is 30.3 Å². The van der Waals surface area contributed by atoms with Gasteiger partial charge >= 0.3 is 5.97 Å². The summed E-state index contributed by atoms with van der Waals surface area (Å²) in [5.74, 6) is -1.82. The van der Waals surface area contributed by atoms with Crippen molar-refractivity contribution in [3.63, 3.8) is 0 Å². The minimum atomic E-state index is -1.04. The molecule has 0 bridgehead atoms. The Morgan fingerprint density at radius 2 is 1.76 bits per heavy atom. The minimum absolute atomic E-state index is 0.146. The van der Waals surface area contributed by atoms with E-state index in [1.54, 1.807) is 18.2 Å². The molecule has 1 amide bonds. The van der Waals surface area contributed by atoms with Crippen LogP contribution in [-0.2, 0) is 9.59 Å². The highest BCUT2D eigenvalue weighted by molar-refractivity contribution is 6.03. The van der Waals surface area contributed by atoms with Crippen molar-refractivity contribution in [1.29, 1.82) is 0 Å². The molecule has 0 fully saturated rings. The van der Waals surface area contributed by atoms with E-state index in [9.17, 15) is 14.0 Å². The van der Waals surface area contributed by atoms with Gasteiger partial charge in [-0.25, -0.2) is 9.40 Å². The fourth-order valence-electron chi connectivity index (χ4n) is 2.86. The van der Waals surface area contributed by atoms with Crippen LogP contribution in [0.4, 0.5) is 4.39 Å². The van der Waals surface area contributed by atoms with Crippen LogP contribution in [0.3, 0.4) is 0 Å². The van der Waals surface area contributed by atoms with Gasteiger partial charge in [0.05, 0.1) is 18.2 Å². The fraction of sp³-hybridized carbons (Fsp3) is 0.211. The minimum Gasteiger partial charge on any atom is -0.481 e. The molecule has 25 heavy (non-hydrogen) atoms. The van der Waals surface area contributed by atoms with E-state index in [4.69, 9.17) is 5.11 Å². The number of hydrogen-bond acceptors (Lipinski definition) is 3. The Hall–Kier alpha value is -3.02. The molecule has 1 aliphatic rings. The highest BCUT2D eigenvalue weighted by atomic mass is 19.1. The number of carboxylic acids is 1. The summed E-state index contributed by atoms with van der Waals surface area (Å²) >= 11 is 0. The number of amides is 1. The van der Waals surface area contributed by atoms with Gasteiger partial charge in [-0.1, -0.05) is 48.5 Å². The van der Waals surface area contributed by atoms with Gasteiger partial charge in [-0.15, -0.1) is 0 Å². The molecule has 128 valence electrons. The zero-order valence-corrected chi connectivity index (χ0v) is 13.4. The number of carboxylic acid groups (broad SMARTS) is 1. The lowest BCUT2D eigenvalue weighted by molar-refractivity contribution is -0.141. The molecule has 0 aliphatic carbocycles. The average Bonchev–Trinajstić information content (AvgIpc) is 3.06. The Morgan fingerprint density at radius 3 is 2.44 bits per heavy atom. The molecule has 0 aromatic heterocycles. The van der Waals surface area contributed by atoms with Crippen molar-refractivity contribution in [2.45, 2.75) is 25.3 Å². The van der Waals surface area contributed by atoms with Crippen molar-refractivity contribution in [3.8, 4) is 0 Å². The molecule has 1 aliphatic heterocycles. The van der Waals surface area contributed by atoms with Crippen LogP contribution in [0.1, 0.15) is 36.4 Å². The van der Waals surface area contributed by atoms with Gasteiger partial charge in [-0.2, -0.15) is 5.10 Å². The fourth-order valence-corrected chi connectivity index (χ4v) is 2.86. The van der Waals surface area contributed by atoms with Crippen LogP contribution in [0, 0.1) is 5.82 Å². The first-order valence-electron chi connectivity index (χ1n) is 7.97. The highest BCUT2D eigenvalue weighted by Crippen LogP contribution is 2.33. The monoisotopic (exact) mass is 340 g/mol. The summed E-state index contributed by atoms with van der Waals surface area (Å²) in [4.78, 5) is 23.2. The quantitative estimate of drug-likeness (QED) is 0.907. The number of aliphatic carboxylic acids is 1. The molecule has 0 radical (unpaired) electrons. The maximum Gasteiger partial charge on any atom is 0.303 e. The van der Waals surface area contributed by atoms with E-state index in [0.717, 1.165) is 5.56 Å². The number of rotatable bonds is 5. The Labute approximate surface area is 144 Å². The number of hydrogen-bond donors (Lipinski definition) is 1. The van der Waals surface area contributed by atoms with Crippen LogP contribution < -0.4 is 0 Å². The normalized spacial score (nSPS) is 16.6. The topological polar surface area (TPSA) is 70.0 Å². The third-order valence-corrected chi connectivity index (χ3v) is 4.09. The lowest BCUT2D eigenvalue weighted by atomic mass is 9.98. The van der Waals surface area contributed by atoms with E-state index in [1.165, 1.54) is 11.1 Å². The van der Waals surface area contributed by atoms with E-state index in [-0.39, 0.29) is 24.8 Å². The molecule has 3 rings (SSSR count). The van der Waals surface area contributed by atoms with Crippen LogP contribution in [0.2, 0.25) is 0 Å². The zero-order chi connectivity index (χ0) is 17.8. The number of benzene rings is 2. The maximum atomic E-state index is 14.1. The molecule has 1 N–H and O–H groups in total. The van der Waals surface area contributed by atoms with E-state index in [0.29, 0.717) is 17.7 Å². The summed E-state index contributed by atoms with van der Waals surface area (Å²) in [7, 11) is 0. The van der Waals surface area contributed by atoms with Gasteiger partial charge in [0.15, 0.2) is 0 Å². The summed E-state index contributed by atoms with van der Waals surface area (Å²) < 4.78 is 14.1. The van der Waals surface area contributed by atoms with Gasteiger partial charge in [-0.3, -0.25) is 9.59 Å². The number of halogens is 1. The summed E-state index contributed by atoms with van der Waals surface area (Å²) in [6, 6.07) is 15.3. The lowest BCUT2D eigenvalue weighted by Gasteiger charge is -2.21. The second kappa shape index (κ2) is 7.25. The van der Waals surface area contributed by atoms with Crippen molar-refractivity contribution in [1.82, 2.24) is 5.01 Å². The SMILES string of the molecule is O=C(O)CCC(=O)N1N=C(c2ccccc2F)CC1c1ccccc1. The molecule has 2 aromatic rings. The Kier molecular flexibility index (Phi) is 4.88. The number of nitrogens with zero attached hydrogens (tertiary/aromatic N) is 2. The van der Waals surface area contributed by atoms with Gasteiger partial charge in [0.1, 0.15) is 5.82 Å². The van der Waals surface area contributed by atoms with Crippen molar-refractivity contribution < 1.29 is 19.1 Å². The number of carbonyl (C=O) groups excluding carboxylic acids is 1. The van der Waals surface area contributed by atoms with Crippen molar-refractivity contribution in [2.75, 3.05) is 0 Å². The van der Waals surface area contributed by atoms with Crippen LogP contribution >= 0.6 is 0 Å². The lowest BCUT2D eigenvalue weighted by Crippen LogP contribution is -2.27. The molecule has 5 nitrogen and oxygen atoms in total. The first kappa shape index (κ1) is 16.8. The molecule has 2 aromatic carbocycles. The first-order chi connectivity index (χ1) is 12.1. The first-order valence-corrected chi connectivity index (χ1v) is 7.97. The van der Waals surface area contributed by atoms with Gasteiger partial charge in [0, 0.05) is 18.4 Å². The maximum absolute atomic E-state index is 14.1. The molecule has 6 heteroatoms. The molecule has 0 saturated carbocycles. The molecule has 1 heterocycles. The molecule has 0 saturated heterocycles. The van der Waals surface area contributed by atoms with Crippen molar-refractivity contribution in [2.24, 2.45) is 5.10 Å². The van der Waals surface area contributed by atoms with E-state index >= 15 is 0 Å².